The van der Waals surface area contributed by atoms with Crippen LogP contribution in [0.5, 0.6) is 0 Å². The Labute approximate surface area is 173 Å². The number of aryl methyl sites for hydroxylation is 1. The first-order valence-corrected chi connectivity index (χ1v) is 9.64. The predicted molar refractivity (Wildman–Crippen MR) is 106 cm³/mol. The number of nitriles is 2. The molecule has 0 amide bonds. The highest BCUT2D eigenvalue weighted by Gasteiger charge is 2.38. The van der Waals surface area contributed by atoms with Crippen molar-refractivity contribution in [3.05, 3.63) is 59.0 Å². The van der Waals surface area contributed by atoms with Crippen molar-refractivity contribution in [3.63, 3.8) is 0 Å². The van der Waals surface area contributed by atoms with Gasteiger partial charge in [-0.2, -0.15) is 28.8 Å². The van der Waals surface area contributed by atoms with Gasteiger partial charge in [-0.05, 0) is 36.2 Å². The number of pyridine rings is 1. The summed E-state index contributed by atoms with van der Waals surface area (Å²) in [6.45, 7) is 1.96. The molecule has 0 saturated heterocycles. The molecule has 0 N–H and O–H groups in total. The molecule has 3 heterocycles. The lowest BCUT2D eigenvalue weighted by Crippen LogP contribution is -2.09. The van der Waals surface area contributed by atoms with Crippen molar-refractivity contribution < 1.29 is 13.2 Å². The highest BCUT2D eigenvalue weighted by atomic mass is 32.1. The molecule has 1 aromatic carbocycles. The number of halogens is 3. The van der Waals surface area contributed by atoms with Crippen LogP contribution in [0.1, 0.15) is 23.1 Å². The van der Waals surface area contributed by atoms with Gasteiger partial charge in [-0.3, -0.25) is 9.67 Å². The van der Waals surface area contributed by atoms with Crippen LogP contribution in [0.15, 0.2) is 42.9 Å². The Kier molecular flexibility index (Phi) is 4.76. The van der Waals surface area contributed by atoms with Gasteiger partial charge in [-0.1, -0.05) is 6.07 Å². The van der Waals surface area contributed by atoms with E-state index in [9.17, 15) is 23.7 Å². The molecular formula is C21H12F3N5S. The third kappa shape index (κ3) is 3.30. The van der Waals surface area contributed by atoms with Crippen LogP contribution in [0, 0.1) is 22.7 Å². The molecule has 9 heteroatoms. The molecule has 0 unspecified atom stereocenters. The van der Waals surface area contributed by atoms with Crippen LogP contribution in [0.2, 0.25) is 0 Å². The quantitative estimate of drug-likeness (QED) is 0.429. The van der Waals surface area contributed by atoms with Crippen molar-refractivity contribution in [1.82, 2.24) is 14.8 Å². The van der Waals surface area contributed by atoms with Crippen LogP contribution < -0.4 is 0 Å². The number of thiophene rings is 1. The summed E-state index contributed by atoms with van der Waals surface area (Å²) in [6, 6.07) is 10.3. The van der Waals surface area contributed by atoms with E-state index in [4.69, 9.17) is 0 Å². The molecule has 148 valence electrons. The molecule has 0 aliphatic carbocycles. The summed E-state index contributed by atoms with van der Waals surface area (Å²) in [7, 11) is 0. The summed E-state index contributed by atoms with van der Waals surface area (Å²) in [5.74, 6) is 0. The molecule has 0 aliphatic rings. The fourth-order valence-corrected chi connectivity index (χ4v) is 4.14. The number of nitrogens with zero attached hydrogens (tertiary/aromatic N) is 5. The highest BCUT2D eigenvalue weighted by molar-refractivity contribution is 7.19. The molecular weight excluding hydrogens is 411 g/mol. The fourth-order valence-electron chi connectivity index (χ4n) is 3.29. The summed E-state index contributed by atoms with van der Waals surface area (Å²) in [4.78, 5) is 4.68. The molecule has 5 nitrogen and oxygen atoms in total. The van der Waals surface area contributed by atoms with Crippen LogP contribution in [0.4, 0.5) is 13.2 Å². The Morgan fingerprint density at radius 1 is 1.03 bits per heavy atom. The molecule has 0 spiro atoms. The molecule has 0 bridgehead atoms. The van der Waals surface area contributed by atoms with E-state index in [1.807, 2.05) is 6.07 Å². The van der Waals surface area contributed by atoms with Gasteiger partial charge in [0.05, 0.1) is 16.3 Å². The van der Waals surface area contributed by atoms with E-state index in [-0.39, 0.29) is 23.2 Å². The summed E-state index contributed by atoms with van der Waals surface area (Å²) in [5, 5.41) is 23.0. The molecule has 30 heavy (non-hydrogen) atoms. The first-order chi connectivity index (χ1) is 14.4. The lowest BCUT2D eigenvalue weighted by molar-refractivity contribution is -0.141. The lowest BCUT2D eigenvalue weighted by atomic mass is 9.92. The van der Waals surface area contributed by atoms with E-state index in [0.29, 0.717) is 21.4 Å². The van der Waals surface area contributed by atoms with E-state index in [2.05, 4.69) is 16.2 Å². The highest BCUT2D eigenvalue weighted by Crippen LogP contribution is 2.42. The molecule has 4 rings (SSSR count). The second kappa shape index (κ2) is 7.29. The van der Waals surface area contributed by atoms with Crippen LogP contribution in [0.25, 0.3) is 32.3 Å². The standard InChI is InChI=1S/C21H12F3N5S/c1-2-29-11-18(20(28-29)21(22,23)24)15-5-12(7-25)3-4-14(15)17-9-27-10-19-16(17)6-13(8-26)30-19/h3-6,9-11H,2H2,1H3. The molecule has 4 aromatic rings. The van der Waals surface area contributed by atoms with Gasteiger partial charge in [0.2, 0.25) is 0 Å². The van der Waals surface area contributed by atoms with E-state index in [0.717, 1.165) is 4.70 Å². The second-order valence-electron chi connectivity index (χ2n) is 6.44. The topological polar surface area (TPSA) is 78.3 Å². The number of alkyl halides is 3. The maximum Gasteiger partial charge on any atom is 0.435 e. The largest absolute Gasteiger partial charge is 0.435 e. The normalized spacial score (nSPS) is 11.4. The smallest absolute Gasteiger partial charge is 0.272 e. The third-order valence-electron chi connectivity index (χ3n) is 4.64. The molecule has 0 fully saturated rings. The van der Waals surface area contributed by atoms with Crippen molar-refractivity contribution in [3.8, 4) is 34.4 Å². The van der Waals surface area contributed by atoms with Crippen LogP contribution in [-0.4, -0.2) is 14.8 Å². The van der Waals surface area contributed by atoms with E-state index >= 15 is 0 Å². The van der Waals surface area contributed by atoms with Gasteiger partial charge >= 0.3 is 6.18 Å². The van der Waals surface area contributed by atoms with Crippen molar-refractivity contribution >= 4 is 21.4 Å². The Morgan fingerprint density at radius 2 is 1.83 bits per heavy atom. The van der Waals surface area contributed by atoms with Crippen LogP contribution in [0.3, 0.4) is 0 Å². The minimum absolute atomic E-state index is 0.107. The first kappa shape index (κ1) is 19.6. The Balaban J connectivity index is 2.05. The maximum atomic E-state index is 13.7. The van der Waals surface area contributed by atoms with Gasteiger partial charge < -0.3 is 0 Å². The number of hydrogen-bond acceptors (Lipinski definition) is 5. The Bertz CT molecular complexity index is 1350. The van der Waals surface area contributed by atoms with Gasteiger partial charge in [0.25, 0.3) is 0 Å². The molecule has 0 radical (unpaired) electrons. The molecule has 0 saturated carbocycles. The van der Waals surface area contributed by atoms with Gasteiger partial charge in [0.15, 0.2) is 5.69 Å². The van der Waals surface area contributed by atoms with E-state index < -0.39 is 11.9 Å². The number of fused-ring (bicyclic) bond motifs is 1. The minimum atomic E-state index is -4.66. The van der Waals surface area contributed by atoms with Crippen molar-refractivity contribution in [2.45, 2.75) is 19.6 Å². The number of hydrogen-bond donors (Lipinski definition) is 0. The van der Waals surface area contributed by atoms with Gasteiger partial charge in [-0.25, -0.2) is 0 Å². The van der Waals surface area contributed by atoms with Gasteiger partial charge in [-0.15, -0.1) is 11.3 Å². The molecule has 0 aliphatic heterocycles. The zero-order chi connectivity index (χ0) is 21.5. The van der Waals surface area contributed by atoms with Crippen LogP contribution >= 0.6 is 11.3 Å². The number of benzene rings is 1. The zero-order valence-corrected chi connectivity index (χ0v) is 16.3. The monoisotopic (exact) mass is 423 g/mol. The van der Waals surface area contributed by atoms with Crippen molar-refractivity contribution in [1.29, 1.82) is 10.5 Å². The zero-order valence-electron chi connectivity index (χ0n) is 15.5. The first-order valence-electron chi connectivity index (χ1n) is 8.83. The fraction of sp³-hybridized carbons (Fsp3) is 0.143. The summed E-state index contributed by atoms with van der Waals surface area (Å²) < 4.78 is 43.1. The minimum Gasteiger partial charge on any atom is -0.272 e. The van der Waals surface area contributed by atoms with Crippen molar-refractivity contribution in [2.75, 3.05) is 0 Å². The lowest BCUT2D eigenvalue weighted by Gasteiger charge is -2.12. The Hall–Kier alpha value is -3.69. The second-order valence-corrected chi connectivity index (χ2v) is 7.52. The van der Waals surface area contributed by atoms with E-state index in [1.54, 1.807) is 37.5 Å². The molecule has 3 aromatic heterocycles. The molecule has 0 atom stereocenters. The average Bonchev–Trinajstić information content (AvgIpc) is 3.37. The maximum absolute atomic E-state index is 13.7. The summed E-state index contributed by atoms with van der Waals surface area (Å²) in [6.07, 6.45) is -0.149. The van der Waals surface area contributed by atoms with Crippen LogP contribution in [-0.2, 0) is 12.7 Å². The van der Waals surface area contributed by atoms with Gasteiger partial charge in [0.1, 0.15) is 10.9 Å². The Morgan fingerprint density at radius 3 is 2.50 bits per heavy atom. The van der Waals surface area contributed by atoms with E-state index in [1.165, 1.54) is 28.3 Å². The summed E-state index contributed by atoms with van der Waals surface area (Å²) >= 11 is 1.26. The van der Waals surface area contributed by atoms with Crippen molar-refractivity contribution in [2.24, 2.45) is 0 Å². The summed E-state index contributed by atoms with van der Waals surface area (Å²) in [5.41, 5.74) is 0.417. The number of rotatable bonds is 3. The number of aromatic nitrogens is 3. The predicted octanol–water partition coefficient (Wildman–Crippen LogP) is 5.61. The average molecular weight is 423 g/mol. The third-order valence-corrected chi connectivity index (χ3v) is 5.61. The van der Waals surface area contributed by atoms with Gasteiger partial charge in [0, 0.05) is 41.6 Å². The SMILES string of the molecule is CCn1cc(-c2cc(C#N)ccc2-c2cncc3sc(C#N)cc23)c(C(F)(F)F)n1.